The van der Waals surface area contributed by atoms with Crippen molar-refractivity contribution in [2.45, 2.75) is 6.92 Å². The smallest absolute Gasteiger partial charge is 0.134 e. The van der Waals surface area contributed by atoms with Gasteiger partial charge in [0, 0.05) is 10.7 Å². The van der Waals surface area contributed by atoms with Gasteiger partial charge in [0.25, 0.3) is 0 Å². The minimum absolute atomic E-state index is 0.343. The van der Waals surface area contributed by atoms with E-state index in [1.54, 1.807) is 19.2 Å². The maximum absolute atomic E-state index is 13.5. The predicted octanol–water partition coefficient (Wildman–Crippen LogP) is 4.10. The van der Waals surface area contributed by atoms with E-state index < -0.39 is 0 Å². The molecule has 1 heterocycles. The van der Waals surface area contributed by atoms with E-state index in [1.807, 2.05) is 0 Å². The van der Waals surface area contributed by atoms with Crippen LogP contribution in [0.1, 0.15) is 5.56 Å². The highest BCUT2D eigenvalue weighted by molar-refractivity contribution is 9.10. The molecule has 72 valence electrons. The summed E-state index contributed by atoms with van der Waals surface area (Å²) in [5.41, 5.74) is 1.33. The van der Waals surface area contributed by atoms with E-state index in [0.29, 0.717) is 15.9 Å². The Hall–Kier alpha value is -0.670. The highest BCUT2D eigenvalue weighted by Gasteiger charge is 2.10. The number of aryl methyl sites for hydroxylation is 1. The molecule has 0 radical (unpaired) electrons. The molecular weight excluding hydrogens is 268 g/mol. The summed E-state index contributed by atoms with van der Waals surface area (Å²) in [6.45, 7) is 1.80. The van der Waals surface area contributed by atoms with Crippen molar-refractivity contribution >= 4 is 38.4 Å². The van der Waals surface area contributed by atoms with Gasteiger partial charge in [-0.15, -0.1) is 0 Å². The van der Waals surface area contributed by atoms with Gasteiger partial charge < -0.3 is 0 Å². The van der Waals surface area contributed by atoms with Gasteiger partial charge in [-0.25, -0.2) is 4.39 Å². The molecule has 0 N–H and O–H groups in total. The van der Waals surface area contributed by atoms with E-state index in [2.05, 4.69) is 20.9 Å². The zero-order chi connectivity index (χ0) is 10.3. The van der Waals surface area contributed by atoms with Crippen LogP contribution in [0.4, 0.5) is 4.39 Å². The topological polar surface area (TPSA) is 12.9 Å². The molecule has 0 saturated heterocycles. The Morgan fingerprint density at radius 3 is 2.86 bits per heavy atom. The van der Waals surface area contributed by atoms with Gasteiger partial charge >= 0.3 is 0 Å². The summed E-state index contributed by atoms with van der Waals surface area (Å²) in [5.74, 6) is -0.343. The molecule has 1 nitrogen and oxygen atoms in total. The molecule has 0 amide bonds. The second kappa shape index (κ2) is 3.48. The maximum Gasteiger partial charge on any atom is 0.134 e. The molecule has 0 aliphatic heterocycles. The van der Waals surface area contributed by atoms with Gasteiger partial charge in [-0.05, 0) is 40.5 Å². The molecule has 14 heavy (non-hydrogen) atoms. The molecule has 0 atom stereocenters. The number of rotatable bonds is 0. The lowest BCUT2D eigenvalue weighted by atomic mass is 10.1. The van der Waals surface area contributed by atoms with Crippen molar-refractivity contribution in [1.29, 1.82) is 0 Å². The first-order valence-electron chi connectivity index (χ1n) is 4.00. The summed E-state index contributed by atoms with van der Waals surface area (Å²) < 4.78 is 14.2. The van der Waals surface area contributed by atoms with E-state index in [1.165, 1.54) is 6.07 Å². The van der Waals surface area contributed by atoms with Gasteiger partial charge in [0.05, 0.1) is 15.9 Å². The number of hydrogen-bond acceptors (Lipinski definition) is 1. The monoisotopic (exact) mass is 273 g/mol. The lowest BCUT2D eigenvalue weighted by Gasteiger charge is -2.05. The third kappa shape index (κ3) is 1.41. The standard InChI is InChI=1S/C10H6BrClFN/c1-5-4-14-10-6(11)2-3-7(13)8(10)9(5)12/h2-4H,1H3. The Morgan fingerprint density at radius 2 is 2.14 bits per heavy atom. The summed E-state index contributed by atoms with van der Waals surface area (Å²) in [6.07, 6.45) is 1.63. The van der Waals surface area contributed by atoms with Crippen molar-refractivity contribution in [3.63, 3.8) is 0 Å². The predicted molar refractivity (Wildman–Crippen MR) is 59.1 cm³/mol. The van der Waals surface area contributed by atoms with Crippen LogP contribution in [-0.4, -0.2) is 4.98 Å². The fourth-order valence-corrected chi connectivity index (χ4v) is 1.95. The molecule has 0 fully saturated rings. The van der Waals surface area contributed by atoms with Crippen LogP contribution in [0.15, 0.2) is 22.8 Å². The second-order valence-corrected chi connectivity index (χ2v) is 4.24. The van der Waals surface area contributed by atoms with Gasteiger partial charge in [-0.1, -0.05) is 11.6 Å². The van der Waals surface area contributed by atoms with E-state index in [0.717, 1.165) is 10.0 Å². The quantitative estimate of drug-likeness (QED) is 0.705. The SMILES string of the molecule is Cc1cnc2c(Br)ccc(F)c2c1Cl. The molecule has 0 aliphatic rings. The van der Waals surface area contributed by atoms with E-state index in [-0.39, 0.29) is 5.82 Å². The van der Waals surface area contributed by atoms with Crippen molar-refractivity contribution in [2.75, 3.05) is 0 Å². The highest BCUT2D eigenvalue weighted by atomic mass is 79.9. The van der Waals surface area contributed by atoms with E-state index in [9.17, 15) is 4.39 Å². The molecule has 2 aromatic rings. The fourth-order valence-electron chi connectivity index (χ4n) is 1.29. The van der Waals surface area contributed by atoms with Gasteiger partial charge in [0.2, 0.25) is 0 Å². The summed E-state index contributed by atoms with van der Waals surface area (Å²) in [6, 6.07) is 3.00. The first-order chi connectivity index (χ1) is 6.61. The van der Waals surface area contributed by atoms with E-state index >= 15 is 0 Å². The number of aromatic nitrogens is 1. The number of halogens is 3. The second-order valence-electron chi connectivity index (χ2n) is 3.01. The molecule has 1 aromatic heterocycles. The molecule has 0 aliphatic carbocycles. The molecule has 2 rings (SSSR count). The van der Waals surface area contributed by atoms with Crippen LogP contribution in [0.5, 0.6) is 0 Å². The van der Waals surface area contributed by atoms with Crippen molar-refractivity contribution in [1.82, 2.24) is 4.98 Å². The fraction of sp³-hybridized carbons (Fsp3) is 0.100. The minimum atomic E-state index is -0.343. The number of pyridine rings is 1. The Bertz CT molecular complexity index is 513. The largest absolute Gasteiger partial charge is 0.255 e. The zero-order valence-electron chi connectivity index (χ0n) is 7.31. The average Bonchev–Trinajstić information content (AvgIpc) is 2.16. The zero-order valence-corrected chi connectivity index (χ0v) is 9.66. The number of benzene rings is 1. The maximum atomic E-state index is 13.5. The van der Waals surface area contributed by atoms with E-state index in [4.69, 9.17) is 11.6 Å². The molecule has 1 aromatic carbocycles. The lowest BCUT2D eigenvalue weighted by molar-refractivity contribution is 0.639. The normalized spacial score (nSPS) is 10.9. The Balaban J connectivity index is 3.01. The first-order valence-corrected chi connectivity index (χ1v) is 5.17. The van der Waals surface area contributed by atoms with Crippen molar-refractivity contribution in [2.24, 2.45) is 0 Å². The van der Waals surface area contributed by atoms with Crippen LogP contribution in [0, 0.1) is 12.7 Å². The molecule has 4 heteroatoms. The van der Waals surface area contributed by atoms with Crippen molar-refractivity contribution < 1.29 is 4.39 Å². The summed E-state index contributed by atoms with van der Waals surface area (Å²) >= 11 is 9.30. The molecule has 0 spiro atoms. The van der Waals surface area contributed by atoms with Crippen LogP contribution in [0.25, 0.3) is 10.9 Å². The van der Waals surface area contributed by atoms with Crippen LogP contribution in [0.2, 0.25) is 5.02 Å². The van der Waals surface area contributed by atoms with Crippen LogP contribution in [-0.2, 0) is 0 Å². The lowest BCUT2D eigenvalue weighted by Crippen LogP contribution is -1.88. The minimum Gasteiger partial charge on any atom is -0.255 e. The average molecular weight is 275 g/mol. The van der Waals surface area contributed by atoms with Crippen LogP contribution >= 0.6 is 27.5 Å². The molecule has 0 bridgehead atoms. The van der Waals surface area contributed by atoms with Gasteiger partial charge in [0.1, 0.15) is 5.82 Å². The summed E-state index contributed by atoms with van der Waals surface area (Å²) in [4.78, 5) is 4.13. The Kier molecular flexibility index (Phi) is 2.45. The van der Waals surface area contributed by atoms with Gasteiger partial charge in [-0.2, -0.15) is 0 Å². The molecular formula is C10H6BrClFN. The number of hydrogen-bond donors (Lipinski definition) is 0. The third-order valence-electron chi connectivity index (χ3n) is 2.03. The third-order valence-corrected chi connectivity index (χ3v) is 3.16. The summed E-state index contributed by atoms with van der Waals surface area (Å²) in [5, 5.41) is 0.801. The summed E-state index contributed by atoms with van der Waals surface area (Å²) in [7, 11) is 0. The first kappa shape index (κ1) is 9.87. The van der Waals surface area contributed by atoms with Crippen molar-refractivity contribution in [3.05, 3.63) is 39.2 Å². The molecule has 0 unspecified atom stereocenters. The molecule has 0 saturated carbocycles. The van der Waals surface area contributed by atoms with Crippen LogP contribution in [0.3, 0.4) is 0 Å². The Labute approximate surface area is 94.0 Å². The van der Waals surface area contributed by atoms with Gasteiger partial charge in [-0.3, -0.25) is 4.98 Å². The van der Waals surface area contributed by atoms with Gasteiger partial charge in [0.15, 0.2) is 0 Å². The highest BCUT2D eigenvalue weighted by Crippen LogP contribution is 2.31. The van der Waals surface area contributed by atoms with Crippen molar-refractivity contribution in [3.8, 4) is 0 Å². The number of fused-ring (bicyclic) bond motifs is 1. The Morgan fingerprint density at radius 1 is 1.43 bits per heavy atom. The van der Waals surface area contributed by atoms with Crippen LogP contribution < -0.4 is 0 Å². The number of nitrogens with zero attached hydrogens (tertiary/aromatic N) is 1.